The fourth-order valence-corrected chi connectivity index (χ4v) is 4.58. The van der Waals surface area contributed by atoms with Crippen LogP contribution in [0.2, 0.25) is 0 Å². The minimum absolute atomic E-state index is 0.190. The summed E-state index contributed by atoms with van der Waals surface area (Å²) in [6.07, 6.45) is 1.56. The van der Waals surface area contributed by atoms with Crippen LogP contribution in [0.5, 0.6) is 0 Å². The smallest absolute Gasteiger partial charge is 0.263 e. The minimum Gasteiger partial charge on any atom is -0.263 e. The van der Waals surface area contributed by atoms with E-state index in [1.807, 2.05) is 19.1 Å². The predicted octanol–water partition coefficient (Wildman–Crippen LogP) is 3.36. The molecule has 0 spiro atoms. The Bertz CT molecular complexity index is 773. The maximum Gasteiger partial charge on any atom is 0.267 e. The number of anilines is 1. The summed E-state index contributed by atoms with van der Waals surface area (Å²) in [6, 6.07) is 12.7. The van der Waals surface area contributed by atoms with Crippen molar-refractivity contribution in [2.75, 3.05) is 4.31 Å². The highest BCUT2D eigenvalue weighted by Gasteiger charge is 2.34. The molecule has 2 aromatic carbocycles. The summed E-state index contributed by atoms with van der Waals surface area (Å²) in [5, 5.41) is 0. The monoisotopic (exact) mass is 305 g/mol. The van der Waals surface area contributed by atoms with Crippen LogP contribution in [0.1, 0.15) is 18.9 Å². The van der Waals surface area contributed by atoms with E-state index in [4.69, 9.17) is 0 Å². The van der Waals surface area contributed by atoms with Gasteiger partial charge < -0.3 is 0 Å². The second kappa shape index (κ2) is 5.15. The van der Waals surface area contributed by atoms with E-state index in [9.17, 15) is 12.8 Å². The molecule has 1 unspecified atom stereocenters. The summed E-state index contributed by atoms with van der Waals surface area (Å²) in [4.78, 5) is -0.270. The Morgan fingerprint density at radius 1 is 1.10 bits per heavy atom. The third-order valence-corrected chi connectivity index (χ3v) is 5.80. The van der Waals surface area contributed by atoms with Gasteiger partial charge in [0.2, 0.25) is 0 Å². The highest BCUT2D eigenvalue weighted by atomic mass is 32.2. The lowest BCUT2D eigenvalue weighted by atomic mass is 9.99. The van der Waals surface area contributed by atoms with E-state index >= 15 is 0 Å². The Morgan fingerprint density at radius 3 is 2.52 bits per heavy atom. The third kappa shape index (κ3) is 2.31. The van der Waals surface area contributed by atoms with E-state index in [2.05, 4.69) is 0 Å². The van der Waals surface area contributed by atoms with E-state index in [0.29, 0.717) is 5.69 Å². The lowest BCUT2D eigenvalue weighted by molar-refractivity contribution is 0.546. The molecule has 110 valence electrons. The van der Waals surface area contributed by atoms with Gasteiger partial charge in [0.1, 0.15) is 10.7 Å². The van der Waals surface area contributed by atoms with Gasteiger partial charge in [0.15, 0.2) is 0 Å². The molecule has 0 bridgehead atoms. The maximum atomic E-state index is 13.9. The zero-order chi connectivity index (χ0) is 15.0. The molecule has 0 saturated heterocycles. The quantitative estimate of drug-likeness (QED) is 0.853. The van der Waals surface area contributed by atoms with Crippen molar-refractivity contribution < 1.29 is 12.8 Å². The van der Waals surface area contributed by atoms with Crippen LogP contribution in [0.15, 0.2) is 53.4 Å². The molecule has 0 N–H and O–H groups in total. The number of sulfonamides is 1. The number of benzene rings is 2. The molecule has 3 rings (SSSR count). The Balaban J connectivity index is 2.17. The molecule has 1 heterocycles. The first-order chi connectivity index (χ1) is 10.0. The van der Waals surface area contributed by atoms with Gasteiger partial charge in [0.05, 0.1) is 5.69 Å². The molecule has 1 atom stereocenters. The van der Waals surface area contributed by atoms with Gasteiger partial charge in [-0.2, -0.15) is 0 Å². The first-order valence-corrected chi connectivity index (χ1v) is 8.32. The lowest BCUT2D eigenvalue weighted by Gasteiger charge is -2.36. The number of halogens is 1. The van der Waals surface area contributed by atoms with Gasteiger partial charge in [-0.25, -0.2) is 12.8 Å². The van der Waals surface area contributed by atoms with Gasteiger partial charge in [-0.1, -0.05) is 30.3 Å². The molecule has 1 aliphatic rings. The molecule has 0 amide bonds. The molecule has 0 radical (unpaired) electrons. The number of aryl methyl sites for hydroxylation is 1. The van der Waals surface area contributed by atoms with Gasteiger partial charge in [-0.05, 0) is 43.5 Å². The maximum absolute atomic E-state index is 13.9. The molecular formula is C16H16FNO2S. The highest BCUT2D eigenvalue weighted by Crippen LogP contribution is 2.35. The number of rotatable bonds is 2. The van der Waals surface area contributed by atoms with Crippen molar-refractivity contribution in [2.24, 2.45) is 0 Å². The zero-order valence-corrected chi connectivity index (χ0v) is 12.5. The van der Waals surface area contributed by atoms with Crippen molar-refractivity contribution >= 4 is 15.7 Å². The summed E-state index contributed by atoms with van der Waals surface area (Å²) in [7, 11) is -3.90. The van der Waals surface area contributed by atoms with Gasteiger partial charge in [0, 0.05) is 6.04 Å². The number of nitrogens with zero attached hydrogens (tertiary/aromatic N) is 1. The van der Waals surface area contributed by atoms with Crippen molar-refractivity contribution in [1.82, 2.24) is 0 Å². The van der Waals surface area contributed by atoms with Crippen LogP contribution in [0.4, 0.5) is 10.1 Å². The summed E-state index contributed by atoms with van der Waals surface area (Å²) in [6.45, 7) is 1.86. The summed E-state index contributed by atoms with van der Waals surface area (Å²) in [5.74, 6) is -0.715. The topological polar surface area (TPSA) is 37.4 Å². The van der Waals surface area contributed by atoms with Gasteiger partial charge >= 0.3 is 0 Å². The van der Waals surface area contributed by atoms with Crippen molar-refractivity contribution in [1.29, 1.82) is 0 Å². The van der Waals surface area contributed by atoms with Gasteiger partial charge in [0.25, 0.3) is 10.0 Å². The van der Waals surface area contributed by atoms with Crippen LogP contribution in [0.25, 0.3) is 0 Å². The fourth-order valence-electron chi connectivity index (χ4n) is 2.78. The highest BCUT2D eigenvalue weighted by molar-refractivity contribution is 7.92. The average molecular weight is 305 g/mol. The van der Waals surface area contributed by atoms with Crippen LogP contribution >= 0.6 is 0 Å². The van der Waals surface area contributed by atoms with Crippen LogP contribution in [0, 0.1) is 5.82 Å². The normalized spacial score (nSPS) is 18.4. The molecule has 1 aliphatic heterocycles. The molecule has 5 heteroatoms. The van der Waals surface area contributed by atoms with Crippen LogP contribution in [0.3, 0.4) is 0 Å². The van der Waals surface area contributed by atoms with E-state index in [1.165, 1.54) is 28.6 Å². The lowest BCUT2D eigenvalue weighted by Crippen LogP contribution is -2.42. The van der Waals surface area contributed by atoms with E-state index in [1.54, 1.807) is 12.1 Å². The third-order valence-electron chi connectivity index (χ3n) is 3.83. The second-order valence-electron chi connectivity index (χ2n) is 5.25. The molecule has 3 nitrogen and oxygen atoms in total. The summed E-state index contributed by atoms with van der Waals surface area (Å²) >= 11 is 0. The largest absolute Gasteiger partial charge is 0.267 e. The Kier molecular flexibility index (Phi) is 3.45. The molecule has 2 aromatic rings. The second-order valence-corrected chi connectivity index (χ2v) is 7.03. The first-order valence-electron chi connectivity index (χ1n) is 6.88. The first kappa shape index (κ1) is 14.1. The molecule has 0 fully saturated rings. The van der Waals surface area contributed by atoms with Crippen molar-refractivity contribution in [3.63, 3.8) is 0 Å². The molecule has 21 heavy (non-hydrogen) atoms. The SMILES string of the molecule is CC1CCc2ccccc2N1S(=O)(=O)c1ccccc1F. The van der Waals surface area contributed by atoms with Crippen molar-refractivity contribution in [3.8, 4) is 0 Å². The number of para-hydroxylation sites is 1. The number of hydrogen-bond acceptors (Lipinski definition) is 2. The Labute approximate surface area is 124 Å². The van der Waals surface area contributed by atoms with Crippen LogP contribution < -0.4 is 4.31 Å². The minimum atomic E-state index is -3.90. The predicted molar refractivity (Wildman–Crippen MR) is 80.3 cm³/mol. The summed E-state index contributed by atoms with van der Waals surface area (Å²) in [5.41, 5.74) is 1.63. The number of hydrogen-bond donors (Lipinski definition) is 0. The Hall–Kier alpha value is -1.88. The van der Waals surface area contributed by atoms with E-state index in [0.717, 1.165) is 18.4 Å². The molecule has 0 aromatic heterocycles. The van der Waals surface area contributed by atoms with Gasteiger partial charge in [-0.3, -0.25) is 4.31 Å². The Morgan fingerprint density at radius 2 is 1.76 bits per heavy atom. The van der Waals surface area contributed by atoms with Crippen molar-refractivity contribution in [2.45, 2.75) is 30.7 Å². The summed E-state index contributed by atoms with van der Waals surface area (Å²) < 4.78 is 41.0. The molecular weight excluding hydrogens is 289 g/mol. The van der Waals surface area contributed by atoms with Gasteiger partial charge in [-0.15, -0.1) is 0 Å². The fraction of sp³-hybridized carbons (Fsp3) is 0.250. The van der Waals surface area contributed by atoms with E-state index in [-0.39, 0.29) is 10.9 Å². The van der Waals surface area contributed by atoms with Crippen molar-refractivity contribution in [3.05, 3.63) is 59.9 Å². The molecule has 0 saturated carbocycles. The van der Waals surface area contributed by atoms with E-state index < -0.39 is 15.8 Å². The standard InChI is InChI=1S/C16H16FNO2S/c1-12-10-11-13-6-2-4-8-15(13)18(12)21(19,20)16-9-5-3-7-14(16)17/h2-9,12H,10-11H2,1H3. The van der Waals surface area contributed by atoms with Crippen LogP contribution in [-0.4, -0.2) is 14.5 Å². The van der Waals surface area contributed by atoms with Crippen LogP contribution in [-0.2, 0) is 16.4 Å². The number of fused-ring (bicyclic) bond motifs is 1. The zero-order valence-electron chi connectivity index (χ0n) is 11.7. The molecule has 0 aliphatic carbocycles. The average Bonchev–Trinajstić information content (AvgIpc) is 2.47.